The number of hydrogen-bond acceptors (Lipinski definition) is 4. The summed E-state index contributed by atoms with van der Waals surface area (Å²) in [4.78, 5) is 20.1. The highest BCUT2D eigenvalue weighted by molar-refractivity contribution is 6.05. The monoisotopic (exact) mass is 375 g/mol. The number of rotatable bonds is 5. The van der Waals surface area contributed by atoms with Crippen molar-refractivity contribution in [1.82, 2.24) is 20.1 Å². The summed E-state index contributed by atoms with van der Waals surface area (Å²) in [5.74, 6) is 0.426. The van der Waals surface area contributed by atoms with Crippen molar-refractivity contribution in [2.45, 2.75) is 38.1 Å². The Kier molecular flexibility index (Phi) is 4.26. The zero-order valence-electron chi connectivity index (χ0n) is 16.2. The van der Waals surface area contributed by atoms with Crippen LogP contribution in [0.5, 0.6) is 0 Å². The molecule has 6 heteroatoms. The molecule has 1 aliphatic heterocycles. The molecule has 1 aliphatic carbocycles. The molecule has 5 rings (SSSR count). The number of pyridine rings is 1. The van der Waals surface area contributed by atoms with E-state index in [4.69, 9.17) is 4.98 Å². The smallest absolute Gasteiger partial charge is 0.252 e. The third kappa shape index (κ3) is 3.23. The number of aromatic nitrogens is 3. The second-order valence-electron chi connectivity index (χ2n) is 7.92. The highest BCUT2D eigenvalue weighted by Crippen LogP contribution is 2.40. The van der Waals surface area contributed by atoms with Crippen molar-refractivity contribution in [3.63, 3.8) is 0 Å². The van der Waals surface area contributed by atoms with Crippen LogP contribution in [0.15, 0.2) is 36.5 Å². The van der Waals surface area contributed by atoms with Gasteiger partial charge in [-0.2, -0.15) is 5.10 Å². The number of aryl methyl sites for hydroxylation is 1. The van der Waals surface area contributed by atoms with Crippen molar-refractivity contribution < 1.29 is 4.79 Å². The molecule has 0 unspecified atom stereocenters. The third-order valence-electron chi connectivity index (χ3n) is 5.83. The van der Waals surface area contributed by atoms with Gasteiger partial charge >= 0.3 is 0 Å². The second kappa shape index (κ2) is 6.93. The Bertz CT molecular complexity index is 1010. The predicted molar refractivity (Wildman–Crippen MR) is 110 cm³/mol. The molecule has 2 aliphatic rings. The van der Waals surface area contributed by atoms with Gasteiger partial charge in [-0.1, -0.05) is 12.1 Å². The SMILES string of the molecule is Cn1ncc2c(C(=O)NCc3ccc(N4CCCC4)cc3)cc(C3CC3)nc21. The standard InChI is InChI=1S/C22H25N5O/c1-26-21-19(14-24-26)18(12-20(25-21)16-6-7-16)22(28)23-13-15-4-8-17(9-5-15)27-10-2-3-11-27/h4-5,8-9,12,14,16H,2-3,6-7,10-11,13H2,1H3,(H,23,28). The maximum Gasteiger partial charge on any atom is 0.252 e. The predicted octanol–water partition coefficient (Wildman–Crippen LogP) is 3.38. The Hall–Kier alpha value is -2.89. The number of amides is 1. The highest BCUT2D eigenvalue weighted by atomic mass is 16.1. The van der Waals surface area contributed by atoms with Crippen LogP contribution in [0.2, 0.25) is 0 Å². The summed E-state index contributed by atoms with van der Waals surface area (Å²) in [6, 6.07) is 10.5. The summed E-state index contributed by atoms with van der Waals surface area (Å²) in [7, 11) is 1.87. The molecule has 6 nitrogen and oxygen atoms in total. The number of carbonyl (C=O) groups excluding carboxylic acids is 1. The summed E-state index contributed by atoms with van der Waals surface area (Å²) < 4.78 is 1.75. The fourth-order valence-corrected chi connectivity index (χ4v) is 3.99. The number of nitrogens with one attached hydrogen (secondary N) is 1. The Morgan fingerprint density at radius 1 is 1.18 bits per heavy atom. The Labute approximate surface area is 164 Å². The lowest BCUT2D eigenvalue weighted by atomic mass is 10.1. The topological polar surface area (TPSA) is 63.1 Å². The molecular weight excluding hydrogens is 350 g/mol. The van der Waals surface area contributed by atoms with Crippen molar-refractivity contribution in [1.29, 1.82) is 0 Å². The Morgan fingerprint density at radius 3 is 2.64 bits per heavy atom. The lowest BCUT2D eigenvalue weighted by molar-refractivity contribution is 0.0952. The fourth-order valence-electron chi connectivity index (χ4n) is 3.99. The number of nitrogens with zero attached hydrogens (tertiary/aromatic N) is 4. The molecule has 2 aromatic heterocycles. The number of anilines is 1. The van der Waals surface area contributed by atoms with E-state index in [1.54, 1.807) is 10.9 Å². The van der Waals surface area contributed by atoms with Crippen molar-refractivity contribution in [2.24, 2.45) is 7.05 Å². The van der Waals surface area contributed by atoms with Gasteiger partial charge in [-0.3, -0.25) is 9.48 Å². The van der Waals surface area contributed by atoms with E-state index in [9.17, 15) is 4.79 Å². The zero-order valence-corrected chi connectivity index (χ0v) is 16.2. The minimum atomic E-state index is -0.0640. The second-order valence-corrected chi connectivity index (χ2v) is 7.92. The maximum absolute atomic E-state index is 12.9. The van der Waals surface area contributed by atoms with Crippen LogP contribution in [-0.4, -0.2) is 33.8 Å². The van der Waals surface area contributed by atoms with Crippen molar-refractivity contribution in [3.8, 4) is 0 Å². The summed E-state index contributed by atoms with van der Waals surface area (Å²) in [6.45, 7) is 2.80. The van der Waals surface area contributed by atoms with Gasteiger partial charge in [0.15, 0.2) is 5.65 Å². The zero-order chi connectivity index (χ0) is 19.1. The van der Waals surface area contributed by atoms with Gasteiger partial charge in [-0.15, -0.1) is 0 Å². The molecule has 28 heavy (non-hydrogen) atoms. The van der Waals surface area contributed by atoms with Crippen LogP contribution < -0.4 is 10.2 Å². The van der Waals surface area contributed by atoms with Crippen LogP contribution in [0.4, 0.5) is 5.69 Å². The molecule has 144 valence electrons. The lowest BCUT2D eigenvalue weighted by Gasteiger charge is -2.17. The first-order chi connectivity index (χ1) is 13.7. The number of carbonyl (C=O) groups is 1. The van der Waals surface area contributed by atoms with Gasteiger partial charge in [-0.25, -0.2) is 4.98 Å². The first kappa shape index (κ1) is 17.2. The molecule has 3 aromatic rings. The molecule has 3 heterocycles. The van der Waals surface area contributed by atoms with Gasteiger partial charge in [0.25, 0.3) is 5.91 Å². The number of benzene rings is 1. The molecule has 1 saturated carbocycles. The van der Waals surface area contributed by atoms with Crippen molar-refractivity contribution in [2.75, 3.05) is 18.0 Å². The van der Waals surface area contributed by atoms with Crippen LogP contribution in [-0.2, 0) is 13.6 Å². The van der Waals surface area contributed by atoms with E-state index in [-0.39, 0.29) is 5.91 Å². The largest absolute Gasteiger partial charge is 0.372 e. The normalized spacial score (nSPS) is 16.7. The van der Waals surface area contributed by atoms with Gasteiger partial charge in [0.05, 0.1) is 17.1 Å². The molecule has 0 atom stereocenters. The van der Waals surface area contributed by atoms with E-state index in [0.717, 1.165) is 48.2 Å². The Balaban J connectivity index is 1.33. The van der Waals surface area contributed by atoms with E-state index in [1.165, 1.54) is 18.5 Å². The first-order valence-electron chi connectivity index (χ1n) is 10.1. The van der Waals surface area contributed by atoms with Gasteiger partial charge in [0.1, 0.15) is 0 Å². The summed E-state index contributed by atoms with van der Waals surface area (Å²) in [5, 5.41) is 8.18. The van der Waals surface area contributed by atoms with Crippen LogP contribution in [0.3, 0.4) is 0 Å². The molecule has 1 amide bonds. The molecule has 1 aromatic carbocycles. The summed E-state index contributed by atoms with van der Waals surface area (Å²) in [6.07, 6.45) is 6.59. The molecular formula is C22H25N5O. The van der Waals surface area contributed by atoms with Gasteiger partial charge in [-0.05, 0) is 49.4 Å². The van der Waals surface area contributed by atoms with E-state index >= 15 is 0 Å². The van der Waals surface area contributed by atoms with E-state index in [0.29, 0.717) is 18.0 Å². The highest BCUT2D eigenvalue weighted by Gasteiger charge is 2.27. The lowest BCUT2D eigenvalue weighted by Crippen LogP contribution is -2.23. The van der Waals surface area contributed by atoms with Crippen molar-refractivity contribution in [3.05, 3.63) is 53.3 Å². The maximum atomic E-state index is 12.9. The average Bonchev–Trinajstić information content (AvgIpc) is 3.30. The first-order valence-corrected chi connectivity index (χ1v) is 10.1. The number of hydrogen-bond donors (Lipinski definition) is 1. The molecule has 0 radical (unpaired) electrons. The van der Waals surface area contributed by atoms with Gasteiger partial charge < -0.3 is 10.2 Å². The van der Waals surface area contributed by atoms with Crippen LogP contribution in [0.25, 0.3) is 11.0 Å². The van der Waals surface area contributed by atoms with Crippen LogP contribution in [0, 0.1) is 0 Å². The van der Waals surface area contributed by atoms with Gasteiger partial charge in [0, 0.05) is 44.0 Å². The van der Waals surface area contributed by atoms with E-state index in [2.05, 4.69) is 39.6 Å². The summed E-state index contributed by atoms with van der Waals surface area (Å²) in [5.41, 5.74) is 4.84. The minimum absolute atomic E-state index is 0.0640. The quantitative estimate of drug-likeness (QED) is 0.743. The van der Waals surface area contributed by atoms with E-state index in [1.807, 2.05) is 13.1 Å². The Morgan fingerprint density at radius 2 is 1.93 bits per heavy atom. The third-order valence-corrected chi connectivity index (χ3v) is 5.83. The molecule has 0 spiro atoms. The molecule has 1 N–H and O–H groups in total. The van der Waals surface area contributed by atoms with Crippen molar-refractivity contribution >= 4 is 22.6 Å². The fraction of sp³-hybridized carbons (Fsp3) is 0.409. The minimum Gasteiger partial charge on any atom is -0.372 e. The van der Waals surface area contributed by atoms with Gasteiger partial charge in [0.2, 0.25) is 0 Å². The average molecular weight is 375 g/mol. The van der Waals surface area contributed by atoms with Crippen LogP contribution >= 0.6 is 0 Å². The number of fused-ring (bicyclic) bond motifs is 1. The molecule has 2 fully saturated rings. The summed E-state index contributed by atoms with van der Waals surface area (Å²) >= 11 is 0. The van der Waals surface area contributed by atoms with E-state index < -0.39 is 0 Å². The van der Waals surface area contributed by atoms with Crippen LogP contribution in [0.1, 0.15) is 53.2 Å². The molecule has 1 saturated heterocycles. The molecule has 0 bridgehead atoms.